The van der Waals surface area contributed by atoms with Gasteiger partial charge in [0, 0.05) is 16.3 Å². The smallest absolute Gasteiger partial charge is 0.339 e. The van der Waals surface area contributed by atoms with Gasteiger partial charge in [0.25, 0.3) is 5.91 Å². The van der Waals surface area contributed by atoms with E-state index in [4.69, 9.17) is 16.3 Å². The van der Waals surface area contributed by atoms with Crippen molar-refractivity contribution in [3.8, 4) is 17.2 Å². The number of hydrogen-bond acceptors (Lipinski definition) is 4. The second-order valence-electron chi connectivity index (χ2n) is 5.83. The van der Waals surface area contributed by atoms with Crippen LogP contribution in [0.25, 0.3) is 11.1 Å². The van der Waals surface area contributed by atoms with E-state index in [0.717, 1.165) is 0 Å². The number of hydrogen-bond donors (Lipinski definition) is 1. The summed E-state index contributed by atoms with van der Waals surface area (Å²) in [7, 11) is 0. The minimum atomic E-state index is -0.644. The number of amides is 1. The predicted molar refractivity (Wildman–Crippen MR) is 107 cm³/mol. The van der Waals surface area contributed by atoms with Gasteiger partial charge in [-0.1, -0.05) is 48.0 Å². The molecule has 3 aromatic carbocycles. The zero-order chi connectivity index (χ0) is 19.9. The fourth-order valence-electron chi connectivity index (χ4n) is 2.65. The zero-order valence-corrected chi connectivity index (χ0v) is 15.4. The summed E-state index contributed by atoms with van der Waals surface area (Å²) >= 11 is 5.80. The zero-order valence-electron chi connectivity index (χ0n) is 14.7. The van der Waals surface area contributed by atoms with Crippen LogP contribution >= 0.6 is 11.6 Å². The molecule has 6 heteroatoms. The van der Waals surface area contributed by atoms with E-state index in [-0.39, 0.29) is 5.56 Å². The molecule has 0 saturated carbocycles. The van der Waals surface area contributed by atoms with Gasteiger partial charge in [-0.15, -0.1) is 0 Å². The van der Waals surface area contributed by atoms with Crippen LogP contribution in [0.4, 0.5) is 5.69 Å². The molecule has 0 atom stereocenters. The molecular weight excluding hydrogens is 376 g/mol. The summed E-state index contributed by atoms with van der Waals surface area (Å²) in [5.41, 5.74) is 2.48. The van der Waals surface area contributed by atoms with Crippen LogP contribution in [0.3, 0.4) is 0 Å². The lowest BCUT2D eigenvalue weighted by atomic mass is 9.96. The van der Waals surface area contributed by atoms with Crippen molar-refractivity contribution < 1.29 is 14.3 Å². The van der Waals surface area contributed by atoms with E-state index < -0.39 is 18.5 Å². The van der Waals surface area contributed by atoms with Crippen molar-refractivity contribution in [2.75, 3.05) is 11.9 Å². The normalized spacial score (nSPS) is 10.0. The fraction of sp³-hybridized carbons (Fsp3) is 0.0455. The molecule has 0 aliphatic rings. The summed E-state index contributed by atoms with van der Waals surface area (Å²) in [4.78, 5) is 24.6. The minimum Gasteiger partial charge on any atom is -0.452 e. The van der Waals surface area contributed by atoms with E-state index in [0.29, 0.717) is 27.4 Å². The molecule has 1 amide bonds. The largest absolute Gasteiger partial charge is 0.452 e. The molecule has 0 aliphatic carbocycles. The lowest BCUT2D eigenvalue weighted by molar-refractivity contribution is -0.119. The Morgan fingerprint density at radius 3 is 2.29 bits per heavy atom. The summed E-state index contributed by atoms with van der Waals surface area (Å²) in [5, 5.41) is 12.5. The SMILES string of the molecule is N#Cc1ccccc1-c1ccccc1C(=O)OCC(=O)Nc1ccc(Cl)cc1. The predicted octanol–water partition coefficient (Wildman–Crippen LogP) is 4.67. The van der Waals surface area contributed by atoms with E-state index >= 15 is 0 Å². The highest BCUT2D eigenvalue weighted by Crippen LogP contribution is 2.27. The van der Waals surface area contributed by atoms with Gasteiger partial charge in [0.05, 0.1) is 17.2 Å². The van der Waals surface area contributed by atoms with Crippen molar-refractivity contribution >= 4 is 29.2 Å². The Bertz CT molecular complexity index is 1060. The van der Waals surface area contributed by atoms with Crippen LogP contribution in [-0.4, -0.2) is 18.5 Å². The van der Waals surface area contributed by atoms with E-state index in [2.05, 4.69) is 11.4 Å². The van der Waals surface area contributed by atoms with Crippen LogP contribution in [0.1, 0.15) is 15.9 Å². The quantitative estimate of drug-likeness (QED) is 0.642. The molecular formula is C22H15ClN2O3. The first-order chi connectivity index (χ1) is 13.6. The highest BCUT2D eigenvalue weighted by atomic mass is 35.5. The van der Waals surface area contributed by atoms with Gasteiger partial charge in [-0.25, -0.2) is 4.79 Å². The lowest BCUT2D eigenvalue weighted by Gasteiger charge is -2.11. The molecule has 0 spiro atoms. The molecule has 3 rings (SSSR count). The Balaban J connectivity index is 1.72. The Hall–Kier alpha value is -3.62. The number of esters is 1. The van der Waals surface area contributed by atoms with Gasteiger partial charge in [-0.3, -0.25) is 4.79 Å². The number of nitrogens with one attached hydrogen (secondary N) is 1. The van der Waals surface area contributed by atoms with Crippen LogP contribution in [0.2, 0.25) is 5.02 Å². The molecule has 0 aliphatic heterocycles. The molecule has 5 nitrogen and oxygen atoms in total. The van der Waals surface area contributed by atoms with Crippen molar-refractivity contribution in [3.05, 3.63) is 88.9 Å². The van der Waals surface area contributed by atoms with Crippen molar-refractivity contribution in [1.29, 1.82) is 5.26 Å². The molecule has 0 radical (unpaired) electrons. The first-order valence-corrected chi connectivity index (χ1v) is 8.77. The van der Waals surface area contributed by atoms with Crippen LogP contribution < -0.4 is 5.32 Å². The van der Waals surface area contributed by atoms with Crippen molar-refractivity contribution in [2.45, 2.75) is 0 Å². The summed E-state index contributed by atoms with van der Waals surface area (Å²) in [6.07, 6.45) is 0. The first kappa shape index (κ1) is 19.2. The fourth-order valence-corrected chi connectivity index (χ4v) is 2.78. The molecule has 0 unspecified atom stereocenters. The average molecular weight is 391 g/mol. The monoisotopic (exact) mass is 390 g/mol. The summed E-state index contributed by atoms with van der Waals surface area (Å²) < 4.78 is 5.16. The number of nitriles is 1. The average Bonchev–Trinajstić information content (AvgIpc) is 2.73. The molecule has 28 heavy (non-hydrogen) atoms. The Kier molecular flexibility index (Phi) is 6.05. The maximum Gasteiger partial charge on any atom is 0.339 e. The van der Waals surface area contributed by atoms with E-state index in [9.17, 15) is 14.9 Å². The maximum atomic E-state index is 12.5. The van der Waals surface area contributed by atoms with Crippen LogP contribution in [0, 0.1) is 11.3 Å². The second-order valence-corrected chi connectivity index (χ2v) is 6.27. The Labute approximate surface area is 167 Å². The summed E-state index contributed by atoms with van der Waals surface area (Å²) in [6, 6.07) is 22.5. The van der Waals surface area contributed by atoms with Crippen molar-refractivity contribution in [2.24, 2.45) is 0 Å². The number of rotatable bonds is 5. The standard InChI is InChI=1S/C22H15ClN2O3/c23-16-9-11-17(12-10-16)25-21(26)14-28-22(27)20-8-4-3-7-19(20)18-6-2-1-5-15(18)13-24/h1-12H,14H2,(H,25,26). The number of nitrogens with zero attached hydrogens (tertiary/aromatic N) is 1. The van der Waals surface area contributed by atoms with Gasteiger partial charge in [0.1, 0.15) is 0 Å². The Morgan fingerprint density at radius 1 is 0.929 bits per heavy atom. The lowest BCUT2D eigenvalue weighted by Crippen LogP contribution is -2.21. The number of halogens is 1. The Morgan fingerprint density at radius 2 is 1.57 bits per heavy atom. The molecule has 0 aromatic heterocycles. The molecule has 0 bridgehead atoms. The van der Waals surface area contributed by atoms with Gasteiger partial charge in [-0.2, -0.15) is 5.26 Å². The first-order valence-electron chi connectivity index (χ1n) is 8.39. The molecule has 0 saturated heterocycles. The topological polar surface area (TPSA) is 79.2 Å². The number of ether oxygens (including phenoxy) is 1. The van der Waals surface area contributed by atoms with Crippen LogP contribution in [0.15, 0.2) is 72.8 Å². The number of carbonyl (C=O) groups is 2. The van der Waals surface area contributed by atoms with Gasteiger partial charge in [-0.05, 0) is 42.0 Å². The van der Waals surface area contributed by atoms with Crippen molar-refractivity contribution in [1.82, 2.24) is 0 Å². The second kappa shape index (κ2) is 8.85. The highest BCUT2D eigenvalue weighted by molar-refractivity contribution is 6.30. The third-order valence-electron chi connectivity index (χ3n) is 3.95. The third-order valence-corrected chi connectivity index (χ3v) is 4.20. The van der Waals surface area contributed by atoms with Crippen molar-refractivity contribution in [3.63, 3.8) is 0 Å². The number of benzene rings is 3. The molecule has 1 N–H and O–H groups in total. The third kappa shape index (κ3) is 4.56. The molecule has 0 heterocycles. The summed E-state index contributed by atoms with van der Waals surface area (Å²) in [6.45, 7) is -0.435. The number of anilines is 1. The maximum absolute atomic E-state index is 12.5. The molecule has 3 aromatic rings. The van der Waals surface area contributed by atoms with Gasteiger partial charge < -0.3 is 10.1 Å². The van der Waals surface area contributed by atoms with E-state index in [1.165, 1.54) is 0 Å². The minimum absolute atomic E-state index is 0.282. The molecule has 138 valence electrons. The van der Waals surface area contributed by atoms with Gasteiger partial charge in [0.2, 0.25) is 0 Å². The van der Waals surface area contributed by atoms with Crippen LogP contribution in [-0.2, 0) is 9.53 Å². The van der Waals surface area contributed by atoms with E-state index in [1.54, 1.807) is 72.8 Å². The van der Waals surface area contributed by atoms with Crippen LogP contribution in [0.5, 0.6) is 0 Å². The molecule has 0 fully saturated rings. The number of carbonyl (C=O) groups excluding carboxylic acids is 2. The highest BCUT2D eigenvalue weighted by Gasteiger charge is 2.17. The van der Waals surface area contributed by atoms with Gasteiger partial charge in [0.15, 0.2) is 6.61 Å². The van der Waals surface area contributed by atoms with E-state index in [1.807, 2.05) is 0 Å². The van der Waals surface area contributed by atoms with Gasteiger partial charge >= 0.3 is 5.97 Å². The summed E-state index contributed by atoms with van der Waals surface area (Å²) in [5.74, 6) is -1.11.